The molecule has 5 rings (SSSR count). The molecular weight excluding hydrogens is 521 g/mol. The highest BCUT2D eigenvalue weighted by Gasteiger charge is 2.31. The van der Waals surface area contributed by atoms with Crippen LogP contribution in [-0.4, -0.2) is 67.2 Å². The summed E-state index contributed by atoms with van der Waals surface area (Å²) in [7, 11) is -3.59. The lowest BCUT2D eigenvalue weighted by atomic mass is 10.1. The molecule has 12 heteroatoms. The maximum Gasteiger partial charge on any atom is 0.316 e. The van der Waals surface area contributed by atoms with E-state index < -0.39 is 33.9 Å². The number of hydrogen-bond donors (Lipinski definition) is 0. The first-order valence-electron chi connectivity index (χ1n) is 12.4. The molecule has 0 unspecified atom stereocenters. The topological polar surface area (TPSA) is 84.7 Å². The molecule has 0 saturated carbocycles. The first-order valence-corrected chi connectivity index (χ1v) is 14.0. The van der Waals surface area contributed by atoms with Gasteiger partial charge >= 0.3 is 5.56 Å². The molecule has 1 saturated heterocycles. The maximum absolute atomic E-state index is 13.9. The zero-order valence-electron chi connectivity index (χ0n) is 20.5. The third-order valence-corrected chi connectivity index (χ3v) is 8.77. The second-order valence-electron chi connectivity index (χ2n) is 9.36. The van der Waals surface area contributed by atoms with Crippen LogP contribution in [0.1, 0.15) is 17.5 Å². The lowest BCUT2D eigenvalue weighted by molar-refractivity contribution is 0.209. The van der Waals surface area contributed by atoms with Crippen molar-refractivity contribution in [2.24, 2.45) is 0 Å². The van der Waals surface area contributed by atoms with Crippen LogP contribution in [0.15, 0.2) is 53.5 Å². The number of fused-ring (bicyclic) bond motifs is 1. The molecule has 2 aliphatic rings. The van der Waals surface area contributed by atoms with Gasteiger partial charge in [0.25, 0.3) is 0 Å². The molecular formula is C26H27F3N4O4S. The zero-order chi connectivity index (χ0) is 26.9. The minimum atomic E-state index is -3.59. The molecule has 0 amide bonds. The Balaban J connectivity index is 1.46. The largest absolute Gasteiger partial charge is 0.482 e. The fraction of sp³-hybridized carbons (Fsp3) is 0.385. The summed E-state index contributed by atoms with van der Waals surface area (Å²) in [5.74, 6) is -1.98. The standard InChI is InChI=1S/C26H27F3N4O4S/c27-6-3-11-38(35,36)32-9-7-31(8-10-32)24-17-30-33(22-15-20(28)14-21(29)16-22)26(34)25(24)37-23-12-18-4-1-2-5-19(18)13-23/h1-2,4-5,14-17,23H,3,6-13H2. The Labute approximate surface area is 218 Å². The van der Waals surface area contributed by atoms with Gasteiger partial charge in [0.15, 0.2) is 0 Å². The van der Waals surface area contributed by atoms with Gasteiger partial charge in [0.2, 0.25) is 15.8 Å². The molecule has 38 heavy (non-hydrogen) atoms. The van der Waals surface area contributed by atoms with Crippen LogP contribution in [0.3, 0.4) is 0 Å². The van der Waals surface area contributed by atoms with E-state index in [9.17, 15) is 26.4 Å². The summed E-state index contributed by atoms with van der Waals surface area (Å²) in [6.45, 7) is 0.121. The van der Waals surface area contributed by atoms with E-state index in [0.717, 1.165) is 27.9 Å². The maximum atomic E-state index is 13.9. The molecule has 202 valence electrons. The van der Waals surface area contributed by atoms with Crippen LogP contribution in [0.5, 0.6) is 5.75 Å². The normalized spacial score (nSPS) is 16.6. The number of rotatable bonds is 8. The lowest BCUT2D eigenvalue weighted by Gasteiger charge is -2.36. The Morgan fingerprint density at radius 2 is 1.61 bits per heavy atom. The molecule has 3 aromatic rings. The lowest BCUT2D eigenvalue weighted by Crippen LogP contribution is -2.49. The summed E-state index contributed by atoms with van der Waals surface area (Å²) in [5, 5.41) is 4.16. The van der Waals surface area contributed by atoms with E-state index in [1.54, 1.807) is 0 Å². The van der Waals surface area contributed by atoms with E-state index >= 15 is 0 Å². The average Bonchev–Trinajstić information content (AvgIpc) is 3.31. The number of ether oxygens (including phenoxy) is 1. The molecule has 0 atom stereocenters. The quantitative estimate of drug-likeness (QED) is 0.431. The van der Waals surface area contributed by atoms with Gasteiger partial charge in [-0.05, 0) is 29.7 Å². The fourth-order valence-electron chi connectivity index (χ4n) is 4.95. The van der Waals surface area contributed by atoms with Crippen LogP contribution < -0.4 is 15.2 Å². The van der Waals surface area contributed by atoms with Gasteiger partial charge in [-0.1, -0.05) is 24.3 Å². The summed E-state index contributed by atoms with van der Waals surface area (Å²) in [5.41, 5.74) is 1.85. The van der Waals surface area contributed by atoms with Gasteiger partial charge in [-0.2, -0.15) is 14.1 Å². The van der Waals surface area contributed by atoms with Crippen molar-refractivity contribution in [2.45, 2.75) is 25.4 Å². The van der Waals surface area contributed by atoms with E-state index in [-0.39, 0.29) is 55.9 Å². The highest BCUT2D eigenvalue weighted by molar-refractivity contribution is 7.89. The van der Waals surface area contributed by atoms with Crippen molar-refractivity contribution in [3.8, 4) is 11.4 Å². The Morgan fingerprint density at radius 1 is 0.974 bits per heavy atom. The van der Waals surface area contributed by atoms with Crippen LogP contribution in [0.25, 0.3) is 5.69 Å². The monoisotopic (exact) mass is 548 g/mol. The van der Waals surface area contributed by atoms with Gasteiger partial charge in [0, 0.05) is 45.1 Å². The Hall–Kier alpha value is -3.38. The number of aromatic nitrogens is 2. The number of hydrogen-bond acceptors (Lipinski definition) is 6. The zero-order valence-corrected chi connectivity index (χ0v) is 21.3. The smallest absolute Gasteiger partial charge is 0.316 e. The molecule has 2 heterocycles. The van der Waals surface area contributed by atoms with E-state index in [2.05, 4.69) is 5.10 Å². The van der Waals surface area contributed by atoms with E-state index in [1.165, 1.54) is 10.5 Å². The highest BCUT2D eigenvalue weighted by atomic mass is 32.2. The molecule has 1 aromatic heterocycles. The first kappa shape index (κ1) is 26.2. The minimum absolute atomic E-state index is 0.0174. The number of anilines is 1. The van der Waals surface area contributed by atoms with Crippen molar-refractivity contribution in [2.75, 3.05) is 43.5 Å². The second kappa shape index (κ2) is 10.8. The summed E-state index contributed by atoms with van der Waals surface area (Å²) in [4.78, 5) is 15.4. The van der Waals surface area contributed by atoms with Crippen molar-refractivity contribution in [1.82, 2.24) is 14.1 Å². The third kappa shape index (κ3) is 5.41. The summed E-state index contributed by atoms with van der Waals surface area (Å²) in [6.07, 6.45) is 2.18. The Kier molecular flexibility index (Phi) is 7.44. The molecule has 0 radical (unpaired) electrons. The van der Waals surface area contributed by atoms with Crippen LogP contribution in [0.2, 0.25) is 0 Å². The van der Waals surface area contributed by atoms with Gasteiger partial charge in [0.1, 0.15) is 23.4 Å². The van der Waals surface area contributed by atoms with Gasteiger partial charge in [0.05, 0.1) is 24.3 Å². The van der Waals surface area contributed by atoms with Crippen molar-refractivity contribution in [1.29, 1.82) is 0 Å². The van der Waals surface area contributed by atoms with Gasteiger partial charge in [-0.3, -0.25) is 9.18 Å². The van der Waals surface area contributed by atoms with Crippen molar-refractivity contribution in [3.05, 3.63) is 81.8 Å². The Bertz CT molecular complexity index is 1440. The second-order valence-corrected chi connectivity index (χ2v) is 11.5. The number of sulfonamides is 1. The molecule has 0 N–H and O–H groups in total. The van der Waals surface area contributed by atoms with Crippen molar-refractivity contribution < 1.29 is 26.3 Å². The van der Waals surface area contributed by atoms with Crippen LogP contribution in [-0.2, 0) is 22.9 Å². The van der Waals surface area contributed by atoms with Crippen LogP contribution >= 0.6 is 0 Å². The number of benzene rings is 2. The minimum Gasteiger partial charge on any atom is -0.482 e. The first-order chi connectivity index (χ1) is 18.2. The van der Waals surface area contributed by atoms with E-state index in [1.807, 2.05) is 29.2 Å². The molecule has 8 nitrogen and oxygen atoms in total. The van der Waals surface area contributed by atoms with Crippen molar-refractivity contribution >= 4 is 15.7 Å². The molecule has 1 fully saturated rings. The van der Waals surface area contributed by atoms with Gasteiger partial charge in [-0.25, -0.2) is 17.2 Å². The third-order valence-electron chi connectivity index (χ3n) is 6.81. The summed E-state index contributed by atoms with van der Waals surface area (Å²) < 4.78 is 73.8. The number of halogens is 3. The fourth-order valence-corrected chi connectivity index (χ4v) is 6.40. The predicted molar refractivity (Wildman–Crippen MR) is 136 cm³/mol. The van der Waals surface area contributed by atoms with Crippen LogP contribution in [0.4, 0.5) is 18.9 Å². The van der Waals surface area contributed by atoms with Gasteiger partial charge < -0.3 is 9.64 Å². The van der Waals surface area contributed by atoms with Gasteiger partial charge in [-0.15, -0.1) is 0 Å². The van der Waals surface area contributed by atoms with E-state index in [0.29, 0.717) is 24.6 Å². The molecule has 0 bridgehead atoms. The molecule has 1 aliphatic carbocycles. The number of alkyl halides is 1. The predicted octanol–water partition coefficient (Wildman–Crippen LogP) is 2.87. The van der Waals surface area contributed by atoms with Crippen LogP contribution in [0, 0.1) is 11.6 Å². The highest BCUT2D eigenvalue weighted by Crippen LogP contribution is 2.31. The molecule has 1 aliphatic heterocycles. The number of nitrogens with zero attached hydrogens (tertiary/aromatic N) is 4. The summed E-state index contributed by atoms with van der Waals surface area (Å²) >= 11 is 0. The molecule has 2 aromatic carbocycles. The number of piperazine rings is 1. The van der Waals surface area contributed by atoms with Crippen molar-refractivity contribution in [3.63, 3.8) is 0 Å². The molecule has 0 spiro atoms. The average molecular weight is 549 g/mol. The SMILES string of the molecule is O=c1c(OC2Cc3ccccc3C2)c(N2CCN(S(=O)(=O)CCCF)CC2)cnn1-c1cc(F)cc(F)c1. The summed E-state index contributed by atoms with van der Waals surface area (Å²) in [6, 6.07) is 10.6. The Morgan fingerprint density at radius 3 is 2.21 bits per heavy atom. The van der Waals surface area contributed by atoms with E-state index in [4.69, 9.17) is 4.74 Å².